The van der Waals surface area contributed by atoms with E-state index in [4.69, 9.17) is 10.5 Å². The molecule has 2 rings (SSSR count). The fourth-order valence-corrected chi connectivity index (χ4v) is 1.58. The first-order valence-electron chi connectivity index (χ1n) is 5.91. The quantitative estimate of drug-likeness (QED) is 0.816. The Labute approximate surface area is 105 Å². The van der Waals surface area contributed by atoms with Crippen molar-refractivity contribution in [3.63, 3.8) is 0 Å². The van der Waals surface area contributed by atoms with Gasteiger partial charge in [-0.1, -0.05) is 25.5 Å². The van der Waals surface area contributed by atoms with E-state index in [1.807, 2.05) is 18.2 Å². The zero-order chi connectivity index (χ0) is 13.0. The summed E-state index contributed by atoms with van der Waals surface area (Å²) in [5.41, 5.74) is 5.87. The topological polar surface area (TPSA) is 78.1 Å². The van der Waals surface area contributed by atoms with E-state index in [1.165, 1.54) is 0 Å². The fourth-order valence-electron chi connectivity index (χ4n) is 1.58. The van der Waals surface area contributed by atoms with Gasteiger partial charge in [-0.2, -0.15) is 4.98 Å². The summed E-state index contributed by atoms with van der Waals surface area (Å²) in [5.74, 6) is -0.246. The summed E-state index contributed by atoms with van der Waals surface area (Å²) in [4.78, 5) is 19.3. The van der Waals surface area contributed by atoms with E-state index in [2.05, 4.69) is 16.9 Å². The molecule has 1 amide bonds. The van der Waals surface area contributed by atoms with Crippen molar-refractivity contribution in [2.75, 3.05) is 6.61 Å². The van der Waals surface area contributed by atoms with Gasteiger partial charge in [0.1, 0.15) is 0 Å². The number of carbonyl (C=O) groups is 1. The number of unbranched alkanes of at least 4 members (excludes halogenated alkanes) is 1. The molecule has 0 aliphatic rings. The van der Waals surface area contributed by atoms with Gasteiger partial charge in [-0.25, -0.2) is 4.98 Å². The van der Waals surface area contributed by atoms with E-state index >= 15 is 0 Å². The number of benzene rings is 1. The maximum absolute atomic E-state index is 11.2. The predicted molar refractivity (Wildman–Crippen MR) is 68.5 cm³/mol. The molecule has 0 aliphatic carbocycles. The lowest BCUT2D eigenvalue weighted by molar-refractivity contribution is 0.0989. The molecule has 1 aromatic heterocycles. The van der Waals surface area contributed by atoms with Crippen LogP contribution in [0.5, 0.6) is 5.88 Å². The molecule has 2 N–H and O–H groups in total. The molecular formula is C13H15N3O2. The van der Waals surface area contributed by atoms with Crippen LogP contribution in [0.3, 0.4) is 0 Å². The van der Waals surface area contributed by atoms with E-state index in [9.17, 15) is 4.79 Å². The van der Waals surface area contributed by atoms with Crippen LogP contribution in [0.1, 0.15) is 30.4 Å². The summed E-state index contributed by atoms with van der Waals surface area (Å²) in [6.07, 6.45) is 1.97. The first kappa shape index (κ1) is 12.3. The number of nitrogens with zero attached hydrogens (tertiary/aromatic N) is 2. The molecule has 0 radical (unpaired) electrons. The zero-order valence-electron chi connectivity index (χ0n) is 10.2. The van der Waals surface area contributed by atoms with Gasteiger partial charge < -0.3 is 10.5 Å². The largest absolute Gasteiger partial charge is 0.477 e. The Kier molecular flexibility index (Phi) is 3.72. The maximum atomic E-state index is 11.2. The van der Waals surface area contributed by atoms with Crippen LogP contribution in [0.2, 0.25) is 0 Å². The first-order valence-corrected chi connectivity index (χ1v) is 5.91. The molecule has 0 saturated heterocycles. The molecule has 0 bridgehead atoms. The van der Waals surface area contributed by atoms with E-state index in [0.29, 0.717) is 18.0 Å². The molecule has 0 unspecified atom stereocenters. The number of aromatic nitrogens is 2. The van der Waals surface area contributed by atoms with Gasteiger partial charge >= 0.3 is 0 Å². The number of hydrogen-bond donors (Lipinski definition) is 1. The average molecular weight is 245 g/mol. The minimum Gasteiger partial charge on any atom is -0.477 e. The molecule has 0 fully saturated rings. The molecule has 18 heavy (non-hydrogen) atoms. The van der Waals surface area contributed by atoms with Gasteiger partial charge in [0.25, 0.3) is 5.91 Å². The molecule has 1 heterocycles. The van der Waals surface area contributed by atoms with Crippen molar-refractivity contribution in [2.24, 2.45) is 5.73 Å². The number of para-hydroxylation sites is 1. The predicted octanol–water partition coefficient (Wildman–Crippen LogP) is 1.91. The maximum Gasteiger partial charge on any atom is 0.286 e. The number of amides is 1. The number of fused-ring (bicyclic) bond motifs is 1. The molecule has 94 valence electrons. The minimum absolute atomic E-state index is 0.0137. The van der Waals surface area contributed by atoms with Gasteiger partial charge in [-0.15, -0.1) is 0 Å². The van der Waals surface area contributed by atoms with Gasteiger partial charge in [0.2, 0.25) is 11.7 Å². The highest BCUT2D eigenvalue weighted by atomic mass is 16.5. The lowest BCUT2D eigenvalue weighted by Crippen LogP contribution is -2.16. The molecule has 1 aromatic carbocycles. The van der Waals surface area contributed by atoms with Crippen LogP contribution >= 0.6 is 0 Å². The van der Waals surface area contributed by atoms with Crippen molar-refractivity contribution < 1.29 is 9.53 Å². The Bertz CT molecular complexity index is 569. The number of hydrogen-bond acceptors (Lipinski definition) is 4. The second-order valence-electron chi connectivity index (χ2n) is 3.94. The lowest BCUT2D eigenvalue weighted by Gasteiger charge is -2.08. The van der Waals surface area contributed by atoms with Gasteiger partial charge in [-0.05, 0) is 18.6 Å². The van der Waals surface area contributed by atoms with Crippen molar-refractivity contribution in [3.8, 4) is 5.88 Å². The monoisotopic (exact) mass is 245 g/mol. The van der Waals surface area contributed by atoms with Crippen LogP contribution in [0.25, 0.3) is 10.9 Å². The SMILES string of the molecule is CCCCOc1nc(C(N)=O)nc2ccccc12. The van der Waals surface area contributed by atoms with Gasteiger partial charge in [0, 0.05) is 0 Å². The second-order valence-corrected chi connectivity index (χ2v) is 3.94. The van der Waals surface area contributed by atoms with Crippen molar-refractivity contribution >= 4 is 16.8 Å². The highest BCUT2D eigenvalue weighted by Crippen LogP contribution is 2.22. The molecule has 0 aliphatic heterocycles. The Balaban J connectivity index is 2.43. The summed E-state index contributed by atoms with van der Waals surface area (Å²) < 4.78 is 5.59. The molecule has 0 saturated carbocycles. The summed E-state index contributed by atoms with van der Waals surface area (Å²) in [6.45, 7) is 2.64. The minimum atomic E-state index is -0.652. The number of nitrogens with two attached hydrogens (primary N) is 1. The normalized spacial score (nSPS) is 10.5. The van der Waals surface area contributed by atoms with Crippen LogP contribution in [-0.4, -0.2) is 22.5 Å². The Morgan fingerprint density at radius 1 is 1.33 bits per heavy atom. The lowest BCUT2D eigenvalue weighted by atomic mass is 10.2. The summed E-state index contributed by atoms with van der Waals surface area (Å²) in [5, 5.41) is 0.790. The first-order chi connectivity index (χ1) is 8.72. The smallest absolute Gasteiger partial charge is 0.286 e. The van der Waals surface area contributed by atoms with Crippen molar-refractivity contribution in [1.82, 2.24) is 9.97 Å². The zero-order valence-corrected chi connectivity index (χ0v) is 10.2. The third-order valence-electron chi connectivity index (χ3n) is 2.53. The molecular weight excluding hydrogens is 230 g/mol. The number of ether oxygens (including phenoxy) is 1. The standard InChI is InChI=1S/C13H15N3O2/c1-2-3-8-18-13-9-6-4-5-7-10(9)15-12(16-13)11(14)17/h4-7H,2-3,8H2,1H3,(H2,14,17). The van der Waals surface area contributed by atoms with E-state index < -0.39 is 5.91 Å². The Morgan fingerprint density at radius 3 is 2.83 bits per heavy atom. The molecule has 2 aromatic rings. The molecule has 0 spiro atoms. The molecule has 5 heteroatoms. The van der Waals surface area contributed by atoms with Crippen LogP contribution in [-0.2, 0) is 0 Å². The Morgan fingerprint density at radius 2 is 2.11 bits per heavy atom. The van der Waals surface area contributed by atoms with Crippen LogP contribution in [0, 0.1) is 0 Å². The van der Waals surface area contributed by atoms with Crippen molar-refractivity contribution in [3.05, 3.63) is 30.1 Å². The summed E-state index contributed by atoms with van der Waals surface area (Å²) in [7, 11) is 0. The third kappa shape index (κ3) is 2.56. The summed E-state index contributed by atoms with van der Waals surface area (Å²) in [6, 6.07) is 7.38. The number of primary amides is 1. The number of carbonyl (C=O) groups excluding carboxylic acids is 1. The summed E-state index contributed by atoms with van der Waals surface area (Å²) >= 11 is 0. The van der Waals surface area contributed by atoms with Gasteiger partial charge in [-0.3, -0.25) is 4.79 Å². The van der Waals surface area contributed by atoms with Crippen LogP contribution in [0.4, 0.5) is 0 Å². The van der Waals surface area contributed by atoms with Crippen molar-refractivity contribution in [1.29, 1.82) is 0 Å². The Hall–Kier alpha value is -2.17. The number of rotatable bonds is 5. The van der Waals surface area contributed by atoms with E-state index in [1.54, 1.807) is 6.07 Å². The van der Waals surface area contributed by atoms with E-state index in [-0.39, 0.29) is 5.82 Å². The average Bonchev–Trinajstić information content (AvgIpc) is 2.38. The highest BCUT2D eigenvalue weighted by molar-refractivity contribution is 5.93. The molecule has 5 nitrogen and oxygen atoms in total. The van der Waals surface area contributed by atoms with E-state index in [0.717, 1.165) is 18.2 Å². The van der Waals surface area contributed by atoms with Gasteiger partial charge in [0.15, 0.2) is 0 Å². The van der Waals surface area contributed by atoms with Crippen LogP contribution in [0.15, 0.2) is 24.3 Å². The third-order valence-corrected chi connectivity index (χ3v) is 2.53. The van der Waals surface area contributed by atoms with Gasteiger partial charge in [0.05, 0.1) is 17.5 Å². The molecule has 0 atom stereocenters. The van der Waals surface area contributed by atoms with Crippen molar-refractivity contribution in [2.45, 2.75) is 19.8 Å². The fraction of sp³-hybridized carbons (Fsp3) is 0.308. The van der Waals surface area contributed by atoms with Crippen LogP contribution < -0.4 is 10.5 Å². The highest BCUT2D eigenvalue weighted by Gasteiger charge is 2.11. The second kappa shape index (κ2) is 5.44.